The number of rotatable bonds is 4. The first-order valence-corrected chi connectivity index (χ1v) is 2.77. The second kappa shape index (κ2) is 5.69. The van der Waals surface area contributed by atoms with Crippen molar-refractivity contribution >= 4 is 0 Å². The van der Waals surface area contributed by atoms with E-state index in [4.69, 9.17) is 0 Å². The minimum atomic E-state index is -1.61. The molecule has 0 N–H and O–H groups in total. The number of allylic oxidation sites excluding steroid dienone is 1. The van der Waals surface area contributed by atoms with E-state index in [9.17, 15) is 8.78 Å². The summed E-state index contributed by atoms with van der Waals surface area (Å²) in [6.45, 7) is 0.545. The fourth-order valence-electron chi connectivity index (χ4n) is 0.439. The van der Waals surface area contributed by atoms with Gasteiger partial charge in [0.15, 0.2) is 0 Å². The maximum Gasteiger partial charge on any atom is 0.266 e. The molecule has 0 radical (unpaired) electrons. The van der Waals surface area contributed by atoms with Crippen LogP contribution in [0.2, 0.25) is 0 Å². The molecule has 1 nitrogen and oxygen atoms in total. The highest BCUT2D eigenvalue weighted by Crippen LogP contribution is 2.00. The molecule has 0 aromatic carbocycles. The van der Waals surface area contributed by atoms with E-state index in [0.29, 0.717) is 19.4 Å². The summed E-state index contributed by atoms with van der Waals surface area (Å²) in [5, 5.41) is 0. The fraction of sp³-hybridized carbons (Fsp3) is 0.667. The van der Waals surface area contributed by atoms with Crippen LogP contribution in [0.25, 0.3) is 0 Å². The molecule has 0 aliphatic carbocycles. The van der Waals surface area contributed by atoms with Gasteiger partial charge in [-0.25, -0.2) is 0 Å². The Balaban J connectivity index is 3.00. The van der Waals surface area contributed by atoms with Crippen molar-refractivity contribution in [1.29, 1.82) is 0 Å². The van der Waals surface area contributed by atoms with E-state index in [0.717, 1.165) is 6.08 Å². The lowest BCUT2D eigenvalue weighted by Gasteiger charge is -1.91. The van der Waals surface area contributed by atoms with Crippen LogP contribution in [-0.2, 0) is 4.74 Å². The average molecular weight is 136 g/mol. The van der Waals surface area contributed by atoms with Crippen molar-refractivity contribution in [3.63, 3.8) is 0 Å². The Bertz CT molecular complexity index is 87.1. The molecule has 54 valence electrons. The van der Waals surface area contributed by atoms with Crippen molar-refractivity contribution in [3.8, 4) is 0 Å². The highest BCUT2D eigenvalue weighted by atomic mass is 19.3. The highest BCUT2D eigenvalue weighted by molar-refractivity contribution is 4.79. The molecule has 0 rings (SSSR count). The highest BCUT2D eigenvalue weighted by Gasteiger charge is 1.86. The molecule has 0 spiro atoms. The second-order valence-electron chi connectivity index (χ2n) is 1.63. The molecule has 0 saturated heterocycles. The summed E-state index contributed by atoms with van der Waals surface area (Å²) < 4.78 is 27.2. The van der Waals surface area contributed by atoms with Crippen molar-refractivity contribution < 1.29 is 13.5 Å². The first-order chi connectivity index (χ1) is 4.27. The Morgan fingerprint density at radius 1 is 1.56 bits per heavy atom. The number of ether oxygens (including phenoxy) is 1. The number of halogens is 2. The lowest BCUT2D eigenvalue weighted by Crippen LogP contribution is -1.85. The Morgan fingerprint density at radius 2 is 2.22 bits per heavy atom. The minimum absolute atomic E-state index is 0.399. The molecule has 0 heterocycles. The molecular weight excluding hydrogens is 126 g/mol. The Morgan fingerprint density at radius 3 is 2.67 bits per heavy atom. The molecule has 0 aromatic rings. The van der Waals surface area contributed by atoms with Crippen LogP contribution in [0.1, 0.15) is 12.8 Å². The van der Waals surface area contributed by atoms with Crippen LogP contribution in [0.15, 0.2) is 12.2 Å². The van der Waals surface area contributed by atoms with Crippen LogP contribution in [-0.4, -0.2) is 13.7 Å². The number of unbranched alkanes of at least 4 members (excludes halogenated alkanes) is 1. The van der Waals surface area contributed by atoms with Gasteiger partial charge in [-0.2, -0.15) is 8.78 Å². The molecule has 3 heteroatoms. The van der Waals surface area contributed by atoms with Crippen molar-refractivity contribution in [2.75, 3.05) is 13.7 Å². The van der Waals surface area contributed by atoms with E-state index in [2.05, 4.69) is 4.74 Å². The lowest BCUT2D eigenvalue weighted by atomic mass is 10.3. The SMILES string of the molecule is COCCCC=C(F)F. The average Bonchev–Trinajstić information content (AvgIpc) is 1.80. The van der Waals surface area contributed by atoms with E-state index in [-0.39, 0.29) is 0 Å². The molecule has 0 bridgehead atoms. The molecule has 0 fully saturated rings. The second-order valence-corrected chi connectivity index (χ2v) is 1.63. The first kappa shape index (κ1) is 8.56. The maximum atomic E-state index is 11.3. The Labute approximate surface area is 53.3 Å². The summed E-state index contributed by atoms with van der Waals surface area (Å²) in [5.41, 5.74) is 0. The third kappa shape index (κ3) is 7.56. The molecule has 0 aliphatic heterocycles. The van der Waals surface area contributed by atoms with Crippen LogP contribution < -0.4 is 0 Å². The Hall–Kier alpha value is -0.440. The van der Waals surface area contributed by atoms with Gasteiger partial charge in [0.2, 0.25) is 0 Å². The van der Waals surface area contributed by atoms with Crippen LogP contribution in [0.3, 0.4) is 0 Å². The molecule has 0 saturated carbocycles. The summed E-state index contributed by atoms with van der Waals surface area (Å²) in [5.74, 6) is 0. The molecular formula is C6H10F2O. The summed E-state index contributed by atoms with van der Waals surface area (Å²) in [7, 11) is 1.55. The zero-order valence-corrected chi connectivity index (χ0v) is 5.36. The third-order valence-electron chi connectivity index (χ3n) is 0.851. The molecule has 0 aromatic heterocycles. The van der Waals surface area contributed by atoms with E-state index in [1.54, 1.807) is 7.11 Å². The summed E-state index contributed by atoms with van der Waals surface area (Å²) in [6, 6.07) is 0. The third-order valence-corrected chi connectivity index (χ3v) is 0.851. The molecule has 0 unspecified atom stereocenters. The number of hydrogen-bond donors (Lipinski definition) is 0. The van der Waals surface area contributed by atoms with Gasteiger partial charge in [-0.15, -0.1) is 0 Å². The van der Waals surface area contributed by atoms with Crippen LogP contribution in [0, 0.1) is 0 Å². The molecule has 0 aliphatic rings. The van der Waals surface area contributed by atoms with Gasteiger partial charge >= 0.3 is 0 Å². The largest absolute Gasteiger partial charge is 0.385 e. The van der Waals surface area contributed by atoms with Crippen LogP contribution in [0.4, 0.5) is 8.78 Å². The van der Waals surface area contributed by atoms with E-state index < -0.39 is 6.08 Å². The summed E-state index contributed by atoms with van der Waals surface area (Å²) >= 11 is 0. The van der Waals surface area contributed by atoms with Gasteiger partial charge in [-0.3, -0.25) is 0 Å². The van der Waals surface area contributed by atoms with Gasteiger partial charge in [-0.05, 0) is 18.9 Å². The van der Waals surface area contributed by atoms with Crippen molar-refractivity contribution in [1.82, 2.24) is 0 Å². The Kier molecular flexibility index (Phi) is 5.41. The topological polar surface area (TPSA) is 9.23 Å². The predicted octanol–water partition coefficient (Wildman–Crippen LogP) is 2.19. The van der Waals surface area contributed by atoms with E-state index in [1.807, 2.05) is 0 Å². The zero-order chi connectivity index (χ0) is 7.11. The summed E-state index contributed by atoms with van der Waals surface area (Å²) in [4.78, 5) is 0. The standard InChI is InChI=1S/C6H10F2O/c1-9-5-3-2-4-6(7)8/h4H,2-3,5H2,1H3. The number of hydrogen-bond acceptors (Lipinski definition) is 1. The number of methoxy groups -OCH3 is 1. The van der Waals surface area contributed by atoms with Gasteiger partial charge in [0.05, 0.1) is 0 Å². The maximum absolute atomic E-state index is 11.3. The van der Waals surface area contributed by atoms with Crippen LogP contribution in [0.5, 0.6) is 0 Å². The van der Waals surface area contributed by atoms with Gasteiger partial charge in [0, 0.05) is 13.7 Å². The first-order valence-electron chi connectivity index (χ1n) is 2.77. The van der Waals surface area contributed by atoms with Crippen LogP contribution >= 0.6 is 0 Å². The fourth-order valence-corrected chi connectivity index (χ4v) is 0.439. The van der Waals surface area contributed by atoms with Gasteiger partial charge in [0.25, 0.3) is 6.08 Å². The monoisotopic (exact) mass is 136 g/mol. The predicted molar refractivity (Wildman–Crippen MR) is 31.4 cm³/mol. The molecule has 0 amide bonds. The van der Waals surface area contributed by atoms with Gasteiger partial charge < -0.3 is 4.74 Å². The quantitative estimate of drug-likeness (QED) is 0.538. The van der Waals surface area contributed by atoms with E-state index >= 15 is 0 Å². The summed E-state index contributed by atoms with van der Waals surface area (Å²) in [6.07, 6.45) is 0.356. The normalized spacial score (nSPS) is 9.22. The lowest BCUT2D eigenvalue weighted by molar-refractivity contribution is 0.195. The van der Waals surface area contributed by atoms with Crippen molar-refractivity contribution in [3.05, 3.63) is 12.2 Å². The molecule has 9 heavy (non-hydrogen) atoms. The van der Waals surface area contributed by atoms with Gasteiger partial charge in [0.1, 0.15) is 0 Å². The van der Waals surface area contributed by atoms with Crippen molar-refractivity contribution in [2.24, 2.45) is 0 Å². The van der Waals surface area contributed by atoms with E-state index in [1.165, 1.54) is 0 Å². The smallest absolute Gasteiger partial charge is 0.266 e. The minimum Gasteiger partial charge on any atom is -0.385 e. The molecule has 0 atom stereocenters. The zero-order valence-electron chi connectivity index (χ0n) is 5.36. The van der Waals surface area contributed by atoms with Gasteiger partial charge in [-0.1, -0.05) is 0 Å². The van der Waals surface area contributed by atoms with Crippen molar-refractivity contribution in [2.45, 2.75) is 12.8 Å².